The van der Waals surface area contributed by atoms with Gasteiger partial charge in [0.05, 0.1) is 23.9 Å². The molecule has 0 aromatic heterocycles. The fourth-order valence-corrected chi connectivity index (χ4v) is 3.78. The van der Waals surface area contributed by atoms with Crippen LogP contribution in [-0.4, -0.2) is 37.3 Å². The van der Waals surface area contributed by atoms with Crippen molar-refractivity contribution >= 4 is 45.6 Å². The van der Waals surface area contributed by atoms with E-state index in [0.717, 1.165) is 17.3 Å². The lowest BCUT2D eigenvalue weighted by Crippen LogP contribution is -2.48. The maximum Gasteiger partial charge on any atom is 0.262 e. The number of benzene rings is 2. The Morgan fingerprint density at radius 3 is 2.59 bits per heavy atom. The Bertz CT molecular complexity index is 1010. The molecular formula is C25H31BrClN3O4. The first-order chi connectivity index (χ1) is 16.3. The van der Waals surface area contributed by atoms with Gasteiger partial charge in [-0.25, -0.2) is 5.43 Å². The van der Waals surface area contributed by atoms with Crippen LogP contribution in [0.3, 0.4) is 0 Å². The summed E-state index contributed by atoms with van der Waals surface area (Å²) in [5, 5.41) is 7.27. The van der Waals surface area contributed by atoms with E-state index in [1.54, 1.807) is 30.3 Å². The molecule has 0 aliphatic heterocycles. The molecular weight excluding hydrogens is 522 g/mol. The molecule has 2 aromatic rings. The zero-order valence-electron chi connectivity index (χ0n) is 19.9. The Labute approximate surface area is 214 Å². The predicted octanol–water partition coefficient (Wildman–Crippen LogP) is 5.58. The van der Waals surface area contributed by atoms with Crippen molar-refractivity contribution in [1.82, 2.24) is 10.7 Å². The van der Waals surface area contributed by atoms with Crippen LogP contribution >= 0.6 is 27.5 Å². The Morgan fingerprint density at radius 2 is 1.94 bits per heavy atom. The van der Waals surface area contributed by atoms with Gasteiger partial charge in [-0.15, -0.1) is 0 Å². The van der Waals surface area contributed by atoms with E-state index < -0.39 is 11.9 Å². The van der Waals surface area contributed by atoms with Crippen molar-refractivity contribution in [2.45, 2.75) is 46.6 Å². The third-order valence-electron chi connectivity index (χ3n) is 4.79. The normalized spacial score (nSPS) is 12.0. The predicted molar refractivity (Wildman–Crippen MR) is 139 cm³/mol. The maximum absolute atomic E-state index is 12.7. The van der Waals surface area contributed by atoms with Crippen LogP contribution in [0.2, 0.25) is 5.02 Å². The topological polar surface area (TPSA) is 89.0 Å². The molecule has 0 fully saturated rings. The van der Waals surface area contributed by atoms with Crippen LogP contribution in [0.5, 0.6) is 11.5 Å². The van der Waals surface area contributed by atoms with Crippen LogP contribution in [0.1, 0.15) is 56.5 Å². The molecule has 0 aliphatic rings. The first kappa shape index (κ1) is 27.7. The van der Waals surface area contributed by atoms with E-state index >= 15 is 0 Å². The number of rotatable bonds is 12. The molecule has 7 nitrogen and oxygen atoms in total. The molecule has 0 bridgehead atoms. The lowest BCUT2D eigenvalue weighted by Gasteiger charge is -2.20. The quantitative estimate of drug-likeness (QED) is 0.204. The van der Waals surface area contributed by atoms with Crippen LogP contribution in [0.4, 0.5) is 0 Å². The first-order valence-corrected chi connectivity index (χ1v) is 12.4. The van der Waals surface area contributed by atoms with E-state index in [9.17, 15) is 9.59 Å². The van der Waals surface area contributed by atoms with Crippen molar-refractivity contribution in [3.8, 4) is 11.5 Å². The second-order valence-corrected chi connectivity index (χ2v) is 9.20. The second kappa shape index (κ2) is 14.0. The lowest BCUT2D eigenvalue weighted by molar-refractivity contribution is -0.123. The number of nitrogens with one attached hydrogen (secondary N) is 2. The van der Waals surface area contributed by atoms with E-state index in [-0.39, 0.29) is 11.8 Å². The summed E-state index contributed by atoms with van der Waals surface area (Å²) in [4.78, 5) is 25.3. The van der Waals surface area contributed by atoms with Gasteiger partial charge in [-0.1, -0.05) is 44.9 Å². The maximum atomic E-state index is 12.7. The van der Waals surface area contributed by atoms with Crippen molar-refractivity contribution in [2.24, 2.45) is 11.0 Å². The molecule has 0 radical (unpaired) electrons. The highest BCUT2D eigenvalue weighted by molar-refractivity contribution is 9.10. The number of amides is 2. The second-order valence-electron chi connectivity index (χ2n) is 7.90. The van der Waals surface area contributed by atoms with E-state index in [2.05, 4.69) is 38.7 Å². The van der Waals surface area contributed by atoms with Crippen molar-refractivity contribution in [2.75, 3.05) is 13.2 Å². The van der Waals surface area contributed by atoms with Crippen LogP contribution in [0.25, 0.3) is 0 Å². The Hall–Kier alpha value is -2.58. The number of carbonyl (C=O) groups excluding carboxylic acids is 2. The summed E-state index contributed by atoms with van der Waals surface area (Å²) in [5.41, 5.74) is 3.60. The van der Waals surface area contributed by atoms with Crippen LogP contribution < -0.4 is 20.2 Å². The molecule has 2 aromatic carbocycles. The van der Waals surface area contributed by atoms with Crippen LogP contribution in [-0.2, 0) is 4.79 Å². The molecule has 184 valence electrons. The summed E-state index contributed by atoms with van der Waals surface area (Å²) < 4.78 is 12.3. The van der Waals surface area contributed by atoms with Gasteiger partial charge in [0.2, 0.25) is 0 Å². The lowest BCUT2D eigenvalue weighted by atomic mass is 10.0. The first-order valence-electron chi connectivity index (χ1n) is 11.2. The number of halogens is 2. The van der Waals surface area contributed by atoms with Gasteiger partial charge in [0.25, 0.3) is 11.8 Å². The molecule has 0 aliphatic carbocycles. The molecule has 34 heavy (non-hydrogen) atoms. The largest absolute Gasteiger partial charge is 0.490 e. The summed E-state index contributed by atoms with van der Waals surface area (Å²) in [6.45, 7) is 8.76. The highest BCUT2D eigenvalue weighted by Gasteiger charge is 2.24. The van der Waals surface area contributed by atoms with Gasteiger partial charge in [0.1, 0.15) is 6.04 Å². The Balaban J connectivity index is 2.09. The van der Waals surface area contributed by atoms with Crippen molar-refractivity contribution in [3.05, 3.63) is 57.0 Å². The molecule has 1 atom stereocenters. The van der Waals surface area contributed by atoms with Gasteiger partial charge >= 0.3 is 0 Å². The number of hydrogen-bond donors (Lipinski definition) is 2. The average molecular weight is 553 g/mol. The molecule has 0 saturated carbocycles. The molecule has 0 heterocycles. The monoisotopic (exact) mass is 551 g/mol. The number of unbranched alkanes of at least 4 members (excludes halogenated alkanes) is 1. The zero-order chi connectivity index (χ0) is 25.1. The van der Waals surface area contributed by atoms with Gasteiger partial charge in [-0.3, -0.25) is 9.59 Å². The SMILES string of the molecule is CCCCOc1c(Br)cc(C=NNC(=O)C(NC(=O)c2cccc(Cl)c2)C(C)C)cc1OCC. The van der Waals surface area contributed by atoms with E-state index in [0.29, 0.717) is 40.9 Å². The number of hydrogen-bond acceptors (Lipinski definition) is 5. The molecule has 2 rings (SSSR count). The minimum Gasteiger partial charge on any atom is -0.490 e. The van der Waals surface area contributed by atoms with E-state index in [1.807, 2.05) is 26.8 Å². The third kappa shape index (κ3) is 8.33. The molecule has 0 spiro atoms. The van der Waals surface area contributed by atoms with Gasteiger partial charge in [-0.2, -0.15) is 5.10 Å². The summed E-state index contributed by atoms with van der Waals surface area (Å²) in [7, 11) is 0. The standard InChI is InChI=1S/C25H31BrClN3O4/c1-5-7-11-34-23-20(26)12-17(13-21(23)33-6-2)15-28-30-25(32)22(16(3)4)29-24(31)18-9-8-10-19(27)14-18/h8-10,12-16,22H,5-7,11H2,1-4H3,(H,29,31)(H,30,32). The third-order valence-corrected chi connectivity index (χ3v) is 5.61. The van der Waals surface area contributed by atoms with E-state index in [1.165, 1.54) is 6.21 Å². The van der Waals surface area contributed by atoms with Crippen molar-refractivity contribution in [3.63, 3.8) is 0 Å². The highest BCUT2D eigenvalue weighted by Crippen LogP contribution is 2.36. The summed E-state index contributed by atoms with van der Waals surface area (Å²) >= 11 is 9.49. The van der Waals surface area contributed by atoms with E-state index in [4.69, 9.17) is 21.1 Å². The molecule has 0 saturated heterocycles. The zero-order valence-corrected chi connectivity index (χ0v) is 22.2. The van der Waals surface area contributed by atoms with Crippen LogP contribution in [0, 0.1) is 5.92 Å². The number of ether oxygens (including phenoxy) is 2. The number of carbonyl (C=O) groups is 2. The van der Waals surface area contributed by atoms with Gasteiger partial charge < -0.3 is 14.8 Å². The molecule has 9 heteroatoms. The molecule has 1 unspecified atom stereocenters. The fourth-order valence-electron chi connectivity index (χ4n) is 3.01. The molecule has 2 amide bonds. The fraction of sp³-hybridized carbons (Fsp3) is 0.400. The van der Waals surface area contributed by atoms with Crippen molar-refractivity contribution < 1.29 is 19.1 Å². The molecule has 2 N–H and O–H groups in total. The smallest absolute Gasteiger partial charge is 0.262 e. The highest BCUT2D eigenvalue weighted by atomic mass is 79.9. The Morgan fingerprint density at radius 1 is 1.18 bits per heavy atom. The summed E-state index contributed by atoms with van der Waals surface area (Å²) in [6.07, 6.45) is 3.48. The minimum absolute atomic E-state index is 0.156. The van der Waals surface area contributed by atoms with Crippen LogP contribution in [0.15, 0.2) is 46.0 Å². The number of nitrogens with zero attached hydrogens (tertiary/aromatic N) is 1. The Kier molecular flexibility index (Phi) is 11.4. The van der Waals surface area contributed by atoms with Gasteiger partial charge in [0.15, 0.2) is 11.5 Å². The summed E-state index contributed by atoms with van der Waals surface area (Å²) in [6, 6.07) is 9.40. The minimum atomic E-state index is -0.774. The van der Waals surface area contributed by atoms with Crippen molar-refractivity contribution in [1.29, 1.82) is 0 Å². The summed E-state index contributed by atoms with van der Waals surface area (Å²) in [5.74, 6) is 0.265. The van der Waals surface area contributed by atoms with Gasteiger partial charge in [0, 0.05) is 10.6 Å². The average Bonchev–Trinajstić information content (AvgIpc) is 2.79. The van der Waals surface area contributed by atoms with Gasteiger partial charge in [-0.05, 0) is 71.1 Å². The number of hydrazone groups is 1.